The number of hydrogen-bond acceptors (Lipinski definition) is 5. The maximum Gasteiger partial charge on any atom is 0.274 e. The second kappa shape index (κ2) is 9.90. The van der Waals surface area contributed by atoms with Crippen LogP contribution in [0.15, 0.2) is 15.5 Å². The zero-order valence-corrected chi connectivity index (χ0v) is 20.8. The molecule has 2 rings (SSSR count). The molecular formula is C19H29BrN4O5Si. The van der Waals surface area contributed by atoms with Crippen LogP contribution in [0.1, 0.15) is 16.1 Å². The smallest absolute Gasteiger partial charge is 0.274 e. The fourth-order valence-corrected chi connectivity index (χ4v) is 4.43. The molecule has 0 atom stereocenters. The Morgan fingerprint density at radius 1 is 1.23 bits per heavy atom. The van der Waals surface area contributed by atoms with E-state index in [9.17, 15) is 14.4 Å². The Labute approximate surface area is 184 Å². The van der Waals surface area contributed by atoms with E-state index in [0.29, 0.717) is 33.2 Å². The van der Waals surface area contributed by atoms with E-state index in [1.807, 2.05) is 0 Å². The van der Waals surface area contributed by atoms with Gasteiger partial charge in [-0.25, -0.2) is 0 Å². The number of nitrogens with one attached hydrogen (secondary N) is 2. The molecule has 2 heterocycles. The van der Waals surface area contributed by atoms with Gasteiger partial charge in [0.25, 0.3) is 17.4 Å². The molecule has 11 heteroatoms. The predicted molar refractivity (Wildman–Crippen MR) is 121 cm³/mol. The zero-order valence-electron chi connectivity index (χ0n) is 18.2. The average molecular weight is 501 g/mol. The molecule has 166 valence electrons. The number of halogens is 1. The summed E-state index contributed by atoms with van der Waals surface area (Å²) in [7, 11) is 1.78. The van der Waals surface area contributed by atoms with E-state index >= 15 is 0 Å². The number of nitrogens with zero attached hydrogens (tertiary/aromatic N) is 2. The normalized spacial score (nSPS) is 11.7. The van der Waals surface area contributed by atoms with Crippen molar-refractivity contribution in [2.45, 2.75) is 39.3 Å². The van der Waals surface area contributed by atoms with Crippen LogP contribution in [0.4, 0.5) is 0 Å². The summed E-state index contributed by atoms with van der Waals surface area (Å²) in [5, 5.41) is 0.475. The van der Waals surface area contributed by atoms with Crippen LogP contribution in [0.25, 0.3) is 10.9 Å². The minimum absolute atomic E-state index is 0.155. The molecule has 0 aliphatic rings. The molecule has 0 spiro atoms. The van der Waals surface area contributed by atoms with Gasteiger partial charge in [0.1, 0.15) is 18.9 Å². The second-order valence-corrected chi connectivity index (χ2v) is 14.8. The average Bonchev–Trinajstić information content (AvgIpc) is 2.94. The number of rotatable bonds is 8. The zero-order chi connectivity index (χ0) is 22.6. The highest BCUT2D eigenvalue weighted by Gasteiger charge is 2.25. The summed E-state index contributed by atoms with van der Waals surface area (Å²) in [4.78, 5) is 37.4. The van der Waals surface area contributed by atoms with Gasteiger partial charge < -0.3 is 18.6 Å². The molecule has 0 unspecified atom stereocenters. The maximum absolute atomic E-state index is 12.9. The third-order valence-corrected chi connectivity index (χ3v) is 6.93. The van der Waals surface area contributed by atoms with Crippen molar-refractivity contribution in [3.05, 3.63) is 32.3 Å². The van der Waals surface area contributed by atoms with E-state index < -0.39 is 19.9 Å². The molecule has 9 nitrogen and oxygen atoms in total. The minimum atomic E-state index is -1.25. The molecule has 2 aromatic heterocycles. The molecule has 0 bridgehead atoms. The lowest BCUT2D eigenvalue weighted by atomic mass is 10.1. The van der Waals surface area contributed by atoms with E-state index in [1.54, 1.807) is 24.7 Å². The van der Waals surface area contributed by atoms with Gasteiger partial charge in [-0.3, -0.25) is 25.2 Å². The molecule has 0 aliphatic carbocycles. The van der Waals surface area contributed by atoms with E-state index in [0.717, 1.165) is 6.04 Å². The van der Waals surface area contributed by atoms with Gasteiger partial charge in [0.2, 0.25) is 0 Å². The van der Waals surface area contributed by atoms with E-state index in [1.165, 1.54) is 11.7 Å². The molecule has 0 radical (unpaired) electrons. The van der Waals surface area contributed by atoms with Gasteiger partial charge in [-0.15, -0.1) is 0 Å². The number of amides is 2. The van der Waals surface area contributed by atoms with Crippen molar-refractivity contribution in [1.82, 2.24) is 20.0 Å². The van der Waals surface area contributed by atoms with Gasteiger partial charge in [-0.2, -0.15) is 0 Å². The van der Waals surface area contributed by atoms with E-state index in [2.05, 4.69) is 46.4 Å². The van der Waals surface area contributed by atoms with Crippen molar-refractivity contribution in [1.29, 1.82) is 0 Å². The highest BCUT2D eigenvalue weighted by molar-refractivity contribution is 9.10. The number of carbonyl (C=O) groups is 2. The number of fused-ring (bicyclic) bond motifs is 1. The first-order valence-electron chi connectivity index (χ1n) is 9.51. The third-order valence-electron chi connectivity index (χ3n) is 4.63. The predicted octanol–water partition coefficient (Wildman–Crippen LogP) is 2.13. The Balaban J connectivity index is 2.44. The van der Waals surface area contributed by atoms with Crippen LogP contribution in [0.2, 0.25) is 25.7 Å². The van der Waals surface area contributed by atoms with Gasteiger partial charge in [-0.05, 0) is 28.9 Å². The first kappa shape index (κ1) is 24.3. The van der Waals surface area contributed by atoms with Gasteiger partial charge in [0.15, 0.2) is 0 Å². The van der Waals surface area contributed by atoms with Crippen molar-refractivity contribution < 1.29 is 19.1 Å². The van der Waals surface area contributed by atoms with Gasteiger partial charge in [0, 0.05) is 50.6 Å². The summed E-state index contributed by atoms with van der Waals surface area (Å²) in [6.45, 7) is 9.09. The number of hydrogen-bond donors (Lipinski definition) is 2. The molecule has 2 amide bonds. The summed E-state index contributed by atoms with van der Waals surface area (Å²) in [6.07, 6.45) is 1.61. The fraction of sp³-hybridized carbons (Fsp3) is 0.526. The molecule has 0 fully saturated rings. The number of carbonyl (C=O) groups excluding carboxylic acids is 2. The number of hydrazine groups is 1. The standard InChI is InChI=1S/C19H29BrN4O5Si/c1-12-15(18(26)22-21-14(25)10-28-3)16-13(20)9-23(2)19(27)17(16)24(12)11-29-7-8-30(4,5)6/h9H,7-8,10-11H2,1-6H3,(H,21,25)(H,22,26). The summed E-state index contributed by atoms with van der Waals surface area (Å²) in [5.41, 5.74) is 5.67. The Morgan fingerprint density at radius 2 is 1.90 bits per heavy atom. The minimum Gasteiger partial charge on any atom is -0.375 e. The van der Waals surface area contributed by atoms with Crippen molar-refractivity contribution >= 4 is 46.7 Å². The first-order chi connectivity index (χ1) is 14.0. The number of aryl methyl sites for hydroxylation is 1. The van der Waals surface area contributed by atoms with Gasteiger partial charge in [0.05, 0.1) is 5.56 Å². The highest BCUT2D eigenvalue weighted by Crippen LogP contribution is 2.30. The fourth-order valence-electron chi connectivity index (χ4n) is 2.98. The monoisotopic (exact) mass is 500 g/mol. The lowest BCUT2D eigenvalue weighted by Gasteiger charge is -2.16. The van der Waals surface area contributed by atoms with Crippen molar-refractivity contribution in [2.75, 3.05) is 20.3 Å². The largest absolute Gasteiger partial charge is 0.375 e. The molecule has 2 aromatic rings. The summed E-state index contributed by atoms with van der Waals surface area (Å²) >= 11 is 3.47. The number of pyridine rings is 1. The quantitative estimate of drug-likeness (QED) is 0.328. The molecular weight excluding hydrogens is 472 g/mol. The van der Waals surface area contributed by atoms with Crippen LogP contribution >= 0.6 is 15.9 Å². The maximum atomic E-state index is 12.9. The number of methoxy groups -OCH3 is 1. The molecule has 0 aromatic carbocycles. The molecule has 0 aliphatic heterocycles. The van der Waals surface area contributed by atoms with E-state index in [4.69, 9.17) is 9.47 Å². The van der Waals surface area contributed by atoms with Crippen LogP contribution in [-0.2, 0) is 28.0 Å². The van der Waals surface area contributed by atoms with Crippen molar-refractivity contribution in [2.24, 2.45) is 7.05 Å². The van der Waals surface area contributed by atoms with Crippen molar-refractivity contribution in [3.63, 3.8) is 0 Å². The number of aromatic nitrogens is 2. The third kappa shape index (κ3) is 5.59. The first-order valence-corrected chi connectivity index (χ1v) is 14.0. The molecule has 0 saturated carbocycles. The van der Waals surface area contributed by atoms with Crippen LogP contribution in [-0.4, -0.2) is 49.3 Å². The van der Waals surface area contributed by atoms with Crippen molar-refractivity contribution in [3.8, 4) is 0 Å². The Kier molecular flexibility index (Phi) is 8.03. The summed E-state index contributed by atoms with van der Waals surface area (Å²) in [6, 6.07) is 0.992. The van der Waals surface area contributed by atoms with Crippen LogP contribution in [0, 0.1) is 6.92 Å². The van der Waals surface area contributed by atoms with Gasteiger partial charge in [-0.1, -0.05) is 19.6 Å². The van der Waals surface area contributed by atoms with Crippen LogP contribution < -0.4 is 16.4 Å². The lowest BCUT2D eigenvalue weighted by Crippen LogP contribution is -2.43. The SMILES string of the molecule is COCC(=O)NNC(=O)c1c(C)n(COCC[Si](C)(C)C)c2c(=O)n(C)cc(Br)c12. The summed E-state index contributed by atoms with van der Waals surface area (Å²) in [5.74, 6) is -1.02. The second-order valence-electron chi connectivity index (χ2n) is 8.29. The van der Waals surface area contributed by atoms with Gasteiger partial charge >= 0.3 is 0 Å². The van der Waals surface area contributed by atoms with Crippen LogP contribution in [0.3, 0.4) is 0 Å². The summed E-state index contributed by atoms with van der Waals surface area (Å²) < 4.78 is 14.3. The molecule has 0 saturated heterocycles. The topological polar surface area (TPSA) is 104 Å². The Bertz CT molecular complexity index is 1010. The van der Waals surface area contributed by atoms with Crippen LogP contribution in [0.5, 0.6) is 0 Å². The Morgan fingerprint density at radius 3 is 2.50 bits per heavy atom. The van der Waals surface area contributed by atoms with E-state index in [-0.39, 0.29) is 18.9 Å². The number of ether oxygens (including phenoxy) is 2. The molecule has 2 N–H and O–H groups in total. The molecule has 30 heavy (non-hydrogen) atoms. The highest BCUT2D eigenvalue weighted by atomic mass is 79.9. The Hall–Kier alpha value is -1.95. The lowest BCUT2D eigenvalue weighted by molar-refractivity contribution is -0.125.